The maximum absolute atomic E-state index is 11.8. The SMILES string of the molecule is CC(=O)N1[C@@H]2CC[C@H]1CC(Nc1c(C(N)=O)cnc3c1CCN3)C2. The van der Waals surface area contributed by atoms with Crippen molar-refractivity contribution in [3.05, 3.63) is 17.3 Å². The number of nitrogens with two attached hydrogens (primary N) is 1. The first-order chi connectivity index (χ1) is 11.5. The fourth-order valence-electron chi connectivity index (χ4n) is 4.62. The Kier molecular flexibility index (Phi) is 3.58. The zero-order valence-electron chi connectivity index (χ0n) is 13.8. The first kappa shape index (κ1) is 15.2. The van der Waals surface area contributed by atoms with Gasteiger partial charge < -0.3 is 21.3 Å². The molecule has 7 nitrogen and oxygen atoms in total. The van der Waals surface area contributed by atoms with Gasteiger partial charge in [0.2, 0.25) is 5.91 Å². The van der Waals surface area contributed by atoms with Crippen molar-refractivity contribution in [3.63, 3.8) is 0 Å². The second kappa shape index (κ2) is 5.65. The Morgan fingerprint density at radius 2 is 2.04 bits per heavy atom. The maximum Gasteiger partial charge on any atom is 0.252 e. The zero-order valence-corrected chi connectivity index (χ0v) is 13.8. The van der Waals surface area contributed by atoms with Crippen molar-refractivity contribution in [3.8, 4) is 0 Å². The van der Waals surface area contributed by atoms with Crippen LogP contribution in [0.5, 0.6) is 0 Å². The summed E-state index contributed by atoms with van der Waals surface area (Å²) in [5, 5.41) is 6.81. The number of rotatable bonds is 3. The van der Waals surface area contributed by atoms with E-state index in [0.29, 0.717) is 17.6 Å². The predicted molar refractivity (Wildman–Crippen MR) is 90.9 cm³/mol. The standard InChI is InChI=1S/C17H23N5O2/c1-9(23)22-11-2-3-12(22)7-10(6-11)21-15-13-4-5-19-17(13)20-8-14(15)16(18)24/h8,10-12H,2-7H2,1H3,(H2,18,24)(H2,19,20,21)/t10?,11-,12+. The molecule has 4 N–H and O–H groups in total. The van der Waals surface area contributed by atoms with Gasteiger partial charge in [0.25, 0.3) is 5.91 Å². The molecule has 3 aliphatic heterocycles. The van der Waals surface area contributed by atoms with E-state index in [1.807, 2.05) is 4.90 Å². The number of pyridine rings is 1. The third kappa shape index (κ3) is 2.39. The summed E-state index contributed by atoms with van der Waals surface area (Å²) < 4.78 is 0. The number of hydrogen-bond acceptors (Lipinski definition) is 5. The summed E-state index contributed by atoms with van der Waals surface area (Å²) in [6.45, 7) is 2.49. The minimum atomic E-state index is -0.455. The Bertz CT molecular complexity index is 690. The lowest BCUT2D eigenvalue weighted by atomic mass is 9.96. The van der Waals surface area contributed by atoms with Crippen LogP contribution in [0.15, 0.2) is 6.20 Å². The van der Waals surface area contributed by atoms with Crippen LogP contribution in [0.1, 0.15) is 48.5 Å². The third-order valence-electron chi connectivity index (χ3n) is 5.56. The second-order valence-electron chi connectivity index (χ2n) is 7.04. The number of aromatic nitrogens is 1. The van der Waals surface area contributed by atoms with Gasteiger partial charge in [-0.1, -0.05) is 0 Å². The summed E-state index contributed by atoms with van der Waals surface area (Å²) in [6, 6.07) is 0.871. The van der Waals surface area contributed by atoms with Gasteiger partial charge in [-0.3, -0.25) is 9.59 Å². The molecule has 3 atom stereocenters. The minimum absolute atomic E-state index is 0.174. The highest BCUT2D eigenvalue weighted by Gasteiger charge is 2.42. The van der Waals surface area contributed by atoms with E-state index < -0.39 is 5.91 Å². The normalized spacial score (nSPS) is 27.5. The monoisotopic (exact) mass is 329 g/mol. The molecule has 0 spiro atoms. The lowest BCUT2D eigenvalue weighted by Crippen LogP contribution is -2.49. The highest BCUT2D eigenvalue weighted by atomic mass is 16.2. The molecule has 4 rings (SSSR count). The molecular weight excluding hydrogens is 306 g/mol. The largest absolute Gasteiger partial charge is 0.381 e. The Hall–Kier alpha value is -2.31. The number of nitrogens with zero attached hydrogens (tertiary/aromatic N) is 2. The molecule has 2 amide bonds. The lowest BCUT2D eigenvalue weighted by Gasteiger charge is -2.39. The van der Waals surface area contributed by atoms with Crippen molar-refractivity contribution >= 4 is 23.3 Å². The number of anilines is 2. The Morgan fingerprint density at radius 3 is 2.67 bits per heavy atom. The van der Waals surface area contributed by atoms with Crippen LogP contribution in [0.2, 0.25) is 0 Å². The molecule has 0 aromatic carbocycles. The first-order valence-electron chi connectivity index (χ1n) is 8.65. The third-order valence-corrected chi connectivity index (χ3v) is 5.56. The minimum Gasteiger partial charge on any atom is -0.381 e. The van der Waals surface area contributed by atoms with Crippen LogP contribution >= 0.6 is 0 Å². The summed E-state index contributed by atoms with van der Waals surface area (Å²) in [6.07, 6.45) is 6.37. The van der Waals surface area contributed by atoms with Crippen LogP contribution in [0, 0.1) is 0 Å². The molecule has 24 heavy (non-hydrogen) atoms. The maximum atomic E-state index is 11.8. The number of amides is 2. The number of carbonyl (C=O) groups excluding carboxylic acids is 2. The molecule has 1 aromatic rings. The van der Waals surface area contributed by atoms with Crippen molar-refractivity contribution in [1.82, 2.24) is 9.88 Å². The summed E-state index contributed by atoms with van der Waals surface area (Å²) in [4.78, 5) is 30.0. The van der Waals surface area contributed by atoms with E-state index in [0.717, 1.165) is 55.7 Å². The summed E-state index contributed by atoms with van der Waals surface area (Å²) in [5.41, 5.74) is 7.89. The molecule has 7 heteroatoms. The van der Waals surface area contributed by atoms with Gasteiger partial charge in [-0.05, 0) is 32.1 Å². The molecule has 0 radical (unpaired) electrons. The van der Waals surface area contributed by atoms with Gasteiger partial charge in [-0.2, -0.15) is 0 Å². The van der Waals surface area contributed by atoms with Gasteiger partial charge in [0, 0.05) is 43.4 Å². The van der Waals surface area contributed by atoms with Gasteiger partial charge in [0.05, 0.1) is 11.3 Å². The second-order valence-corrected chi connectivity index (χ2v) is 7.04. The first-order valence-corrected chi connectivity index (χ1v) is 8.65. The van der Waals surface area contributed by atoms with Gasteiger partial charge >= 0.3 is 0 Å². The van der Waals surface area contributed by atoms with E-state index >= 15 is 0 Å². The van der Waals surface area contributed by atoms with Crippen molar-refractivity contribution in [1.29, 1.82) is 0 Å². The molecular formula is C17H23N5O2. The Labute approximate surface area is 141 Å². The number of hydrogen-bond donors (Lipinski definition) is 3. The molecule has 4 heterocycles. The van der Waals surface area contributed by atoms with E-state index in [2.05, 4.69) is 15.6 Å². The Morgan fingerprint density at radius 1 is 1.33 bits per heavy atom. The number of piperidine rings is 1. The van der Waals surface area contributed by atoms with E-state index in [1.165, 1.54) is 0 Å². The van der Waals surface area contributed by atoms with Crippen LogP contribution in [0.3, 0.4) is 0 Å². The number of carbonyl (C=O) groups is 2. The molecule has 0 aliphatic carbocycles. The van der Waals surface area contributed by atoms with E-state index in [4.69, 9.17) is 5.73 Å². The van der Waals surface area contributed by atoms with Crippen molar-refractivity contribution < 1.29 is 9.59 Å². The van der Waals surface area contributed by atoms with Crippen LogP contribution in [0.25, 0.3) is 0 Å². The molecule has 1 unspecified atom stereocenters. The highest BCUT2D eigenvalue weighted by Crippen LogP contribution is 2.38. The molecule has 0 saturated carbocycles. The number of fused-ring (bicyclic) bond motifs is 3. The van der Waals surface area contributed by atoms with Crippen LogP contribution in [0.4, 0.5) is 11.5 Å². The van der Waals surface area contributed by atoms with Gasteiger partial charge in [0.15, 0.2) is 0 Å². The summed E-state index contributed by atoms with van der Waals surface area (Å²) in [7, 11) is 0. The van der Waals surface area contributed by atoms with Gasteiger partial charge in [-0.25, -0.2) is 4.98 Å². The molecule has 128 valence electrons. The zero-order chi connectivity index (χ0) is 16.8. The van der Waals surface area contributed by atoms with E-state index in [9.17, 15) is 9.59 Å². The topological polar surface area (TPSA) is 100 Å². The predicted octanol–water partition coefficient (Wildman–Crippen LogP) is 1.10. The highest BCUT2D eigenvalue weighted by molar-refractivity contribution is 6.00. The van der Waals surface area contributed by atoms with Gasteiger partial charge in [-0.15, -0.1) is 0 Å². The van der Waals surface area contributed by atoms with Crippen molar-refractivity contribution in [2.75, 3.05) is 17.2 Å². The quantitative estimate of drug-likeness (QED) is 0.771. The summed E-state index contributed by atoms with van der Waals surface area (Å²) >= 11 is 0. The average Bonchev–Trinajstić information content (AvgIpc) is 3.10. The smallest absolute Gasteiger partial charge is 0.252 e. The fraction of sp³-hybridized carbons (Fsp3) is 0.588. The molecule has 2 bridgehead atoms. The number of primary amides is 1. The van der Waals surface area contributed by atoms with Gasteiger partial charge in [0.1, 0.15) is 5.82 Å². The molecule has 3 aliphatic rings. The Balaban J connectivity index is 1.60. The molecule has 2 saturated heterocycles. The van der Waals surface area contributed by atoms with Crippen LogP contribution in [-0.4, -0.2) is 46.4 Å². The van der Waals surface area contributed by atoms with Crippen molar-refractivity contribution in [2.24, 2.45) is 5.73 Å². The van der Waals surface area contributed by atoms with E-state index in [1.54, 1.807) is 13.1 Å². The fourth-order valence-corrected chi connectivity index (χ4v) is 4.62. The van der Waals surface area contributed by atoms with Crippen LogP contribution < -0.4 is 16.4 Å². The molecule has 1 aromatic heterocycles. The summed E-state index contributed by atoms with van der Waals surface area (Å²) in [5.74, 6) is 0.559. The van der Waals surface area contributed by atoms with E-state index in [-0.39, 0.29) is 11.9 Å². The number of nitrogens with one attached hydrogen (secondary N) is 2. The van der Waals surface area contributed by atoms with Crippen LogP contribution in [-0.2, 0) is 11.2 Å². The van der Waals surface area contributed by atoms with Crippen molar-refractivity contribution in [2.45, 2.75) is 57.2 Å². The lowest BCUT2D eigenvalue weighted by molar-refractivity contribution is -0.133. The average molecular weight is 329 g/mol. The molecule has 2 fully saturated rings.